The molecule has 0 atom stereocenters. The highest BCUT2D eigenvalue weighted by Gasteiger charge is 2.38. The third kappa shape index (κ3) is 2.92. The van der Waals surface area contributed by atoms with Crippen molar-refractivity contribution in [2.45, 2.75) is 6.18 Å². The van der Waals surface area contributed by atoms with Gasteiger partial charge in [-0.3, -0.25) is 0 Å². The Hall–Kier alpha value is -1.76. The summed E-state index contributed by atoms with van der Waals surface area (Å²) in [6.45, 7) is 0. The Balaban J connectivity index is 0.00000162. The van der Waals surface area contributed by atoms with E-state index in [0.29, 0.717) is 5.56 Å². The van der Waals surface area contributed by atoms with Crippen LogP contribution in [0.3, 0.4) is 0 Å². The van der Waals surface area contributed by atoms with Crippen LogP contribution in [0.2, 0.25) is 0 Å². The predicted octanol–water partition coefficient (Wildman–Crippen LogP) is 3.22. The Morgan fingerprint density at radius 2 is 1.72 bits per heavy atom. The van der Waals surface area contributed by atoms with Gasteiger partial charge in [0.1, 0.15) is 0 Å². The van der Waals surface area contributed by atoms with Crippen molar-refractivity contribution in [2.75, 3.05) is 12.4 Å². The van der Waals surface area contributed by atoms with E-state index in [-0.39, 0.29) is 18.3 Å². The molecule has 4 nitrogen and oxygen atoms in total. The Morgan fingerprint density at radius 3 is 2.17 bits per heavy atom. The van der Waals surface area contributed by atoms with Crippen molar-refractivity contribution < 1.29 is 17.6 Å². The highest BCUT2D eigenvalue weighted by molar-refractivity contribution is 5.85. The van der Waals surface area contributed by atoms with Crippen molar-refractivity contribution in [1.29, 1.82) is 0 Å². The van der Waals surface area contributed by atoms with Crippen LogP contribution in [-0.2, 0) is 6.18 Å². The van der Waals surface area contributed by atoms with E-state index in [9.17, 15) is 13.2 Å². The molecule has 1 N–H and O–H groups in total. The second-order valence-electron chi connectivity index (χ2n) is 3.24. The number of rotatable bonds is 2. The van der Waals surface area contributed by atoms with E-state index in [4.69, 9.17) is 0 Å². The molecule has 1 aromatic heterocycles. The first kappa shape index (κ1) is 14.3. The van der Waals surface area contributed by atoms with Gasteiger partial charge >= 0.3 is 12.1 Å². The molecule has 18 heavy (non-hydrogen) atoms. The molecule has 0 aliphatic rings. The first-order valence-electron chi connectivity index (χ1n) is 4.69. The molecule has 98 valence electrons. The molecule has 1 aromatic carbocycles. The van der Waals surface area contributed by atoms with Crippen molar-refractivity contribution >= 4 is 18.1 Å². The van der Waals surface area contributed by atoms with Crippen LogP contribution in [-0.4, -0.2) is 17.2 Å². The molecular weight excluding hydrogens is 271 g/mol. The number of alkyl halides is 3. The first-order valence-corrected chi connectivity index (χ1v) is 4.69. The minimum Gasteiger partial charge on any atom is -0.413 e. The van der Waals surface area contributed by atoms with Crippen molar-refractivity contribution in [3.05, 3.63) is 30.2 Å². The van der Waals surface area contributed by atoms with E-state index in [1.54, 1.807) is 31.3 Å². The van der Waals surface area contributed by atoms with Gasteiger partial charge in [-0.15, -0.1) is 22.6 Å². The Bertz CT molecular complexity index is 510. The fourth-order valence-electron chi connectivity index (χ4n) is 1.23. The summed E-state index contributed by atoms with van der Waals surface area (Å²) in [6, 6.07) is 6.60. The maximum absolute atomic E-state index is 12.2. The van der Waals surface area contributed by atoms with Crippen molar-refractivity contribution in [3.63, 3.8) is 0 Å². The number of benzene rings is 1. The molecular formula is C10H9ClF3N3O. The molecule has 0 bridgehead atoms. The lowest BCUT2D eigenvalue weighted by molar-refractivity contribution is -0.156. The average Bonchev–Trinajstić information content (AvgIpc) is 2.78. The zero-order valence-electron chi connectivity index (χ0n) is 9.15. The molecule has 0 fully saturated rings. The van der Waals surface area contributed by atoms with Gasteiger partial charge < -0.3 is 9.73 Å². The number of nitrogens with zero attached hydrogens (tertiary/aromatic N) is 2. The number of aromatic nitrogens is 2. The van der Waals surface area contributed by atoms with Gasteiger partial charge in [0.15, 0.2) is 0 Å². The zero-order valence-corrected chi connectivity index (χ0v) is 9.97. The lowest BCUT2D eigenvalue weighted by atomic mass is 10.2. The van der Waals surface area contributed by atoms with Crippen LogP contribution in [0.5, 0.6) is 0 Å². The van der Waals surface area contributed by atoms with Crippen LogP contribution in [0.15, 0.2) is 28.7 Å². The fraction of sp³-hybridized carbons (Fsp3) is 0.200. The van der Waals surface area contributed by atoms with Crippen LogP contribution in [0.25, 0.3) is 11.5 Å². The smallest absolute Gasteiger partial charge is 0.413 e. The SMILES string of the molecule is CNc1ccc(-c2nnc(C(F)(F)F)o2)cc1.Cl. The zero-order chi connectivity index (χ0) is 12.5. The molecule has 2 aromatic rings. The van der Waals surface area contributed by atoms with Gasteiger partial charge in [-0.2, -0.15) is 13.2 Å². The van der Waals surface area contributed by atoms with E-state index >= 15 is 0 Å². The second kappa shape index (κ2) is 5.26. The maximum Gasteiger partial charge on any atom is 0.470 e. The Morgan fingerprint density at radius 1 is 1.11 bits per heavy atom. The van der Waals surface area contributed by atoms with Gasteiger partial charge in [-0.05, 0) is 24.3 Å². The average molecular weight is 280 g/mol. The van der Waals surface area contributed by atoms with Gasteiger partial charge in [0.2, 0.25) is 5.89 Å². The summed E-state index contributed by atoms with van der Waals surface area (Å²) in [4.78, 5) is 0. The maximum atomic E-state index is 12.2. The summed E-state index contributed by atoms with van der Waals surface area (Å²) in [5.74, 6) is -1.50. The normalized spacial score (nSPS) is 10.9. The topological polar surface area (TPSA) is 51.0 Å². The van der Waals surface area contributed by atoms with E-state index in [2.05, 4.69) is 19.9 Å². The van der Waals surface area contributed by atoms with E-state index < -0.39 is 12.1 Å². The summed E-state index contributed by atoms with van der Waals surface area (Å²) in [5, 5.41) is 9.19. The summed E-state index contributed by atoms with van der Waals surface area (Å²) < 4.78 is 41.2. The Kier molecular flexibility index (Phi) is 4.18. The third-order valence-electron chi connectivity index (χ3n) is 2.09. The van der Waals surface area contributed by atoms with Crippen molar-refractivity contribution in [2.24, 2.45) is 0 Å². The summed E-state index contributed by atoms with van der Waals surface area (Å²) >= 11 is 0. The molecule has 0 aliphatic heterocycles. The number of hydrogen-bond acceptors (Lipinski definition) is 4. The van der Waals surface area contributed by atoms with Crippen LogP contribution < -0.4 is 5.32 Å². The second-order valence-corrected chi connectivity index (χ2v) is 3.24. The Labute approximate surface area is 107 Å². The number of nitrogens with one attached hydrogen (secondary N) is 1. The van der Waals surface area contributed by atoms with Gasteiger partial charge in [0.05, 0.1) is 0 Å². The van der Waals surface area contributed by atoms with E-state index in [1.807, 2.05) is 0 Å². The number of hydrogen-bond donors (Lipinski definition) is 1. The number of anilines is 1. The third-order valence-corrected chi connectivity index (χ3v) is 2.09. The van der Waals surface area contributed by atoms with Crippen LogP contribution in [0, 0.1) is 0 Å². The molecule has 0 saturated carbocycles. The van der Waals surface area contributed by atoms with Gasteiger partial charge in [-0.25, -0.2) is 0 Å². The highest BCUT2D eigenvalue weighted by Crippen LogP contribution is 2.30. The molecule has 2 rings (SSSR count). The van der Waals surface area contributed by atoms with Gasteiger partial charge in [0, 0.05) is 18.3 Å². The minimum atomic E-state index is -4.61. The summed E-state index contributed by atoms with van der Waals surface area (Å²) in [6.07, 6.45) is -4.61. The standard InChI is InChI=1S/C10H8F3N3O.ClH/c1-14-7-4-2-6(3-5-7)8-15-16-9(17-8)10(11,12)13;/h2-5,14H,1H3;1H. The van der Waals surface area contributed by atoms with Crippen LogP contribution in [0.4, 0.5) is 18.9 Å². The highest BCUT2D eigenvalue weighted by atomic mass is 35.5. The summed E-state index contributed by atoms with van der Waals surface area (Å²) in [5.41, 5.74) is 1.27. The molecule has 0 amide bonds. The molecule has 0 saturated heterocycles. The predicted molar refractivity (Wildman–Crippen MR) is 61.5 cm³/mol. The largest absolute Gasteiger partial charge is 0.470 e. The van der Waals surface area contributed by atoms with Crippen molar-refractivity contribution in [1.82, 2.24) is 10.2 Å². The molecule has 0 unspecified atom stereocenters. The number of halogens is 4. The molecule has 0 spiro atoms. The van der Waals surface area contributed by atoms with Crippen LogP contribution in [0.1, 0.15) is 5.89 Å². The van der Waals surface area contributed by atoms with Crippen LogP contribution >= 0.6 is 12.4 Å². The minimum absolute atomic E-state index is 0. The van der Waals surface area contributed by atoms with E-state index in [0.717, 1.165) is 5.69 Å². The molecule has 0 radical (unpaired) electrons. The van der Waals surface area contributed by atoms with Gasteiger partial charge in [0.25, 0.3) is 0 Å². The van der Waals surface area contributed by atoms with E-state index in [1.165, 1.54) is 0 Å². The summed E-state index contributed by atoms with van der Waals surface area (Å²) in [7, 11) is 1.74. The molecule has 0 aliphatic carbocycles. The molecule has 8 heteroatoms. The lowest BCUT2D eigenvalue weighted by Gasteiger charge is -2.00. The van der Waals surface area contributed by atoms with Crippen molar-refractivity contribution in [3.8, 4) is 11.5 Å². The molecule has 1 heterocycles. The monoisotopic (exact) mass is 279 g/mol. The van der Waals surface area contributed by atoms with Gasteiger partial charge in [-0.1, -0.05) is 0 Å². The lowest BCUT2D eigenvalue weighted by Crippen LogP contribution is -2.04. The fourth-order valence-corrected chi connectivity index (χ4v) is 1.23. The first-order chi connectivity index (χ1) is 8.00. The quantitative estimate of drug-likeness (QED) is 0.917.